The van der Waals surface area contributed by atoms with Crippen molar-refractivity contribution in [3.63, 3.8) is 0 Å². The molecule has 2 aliphatic heterocycles. The maximum absolute atomic E-state index is 12.1. The maximum Gasteiger partial charge on any atom is 0.231 e. The molecule has 1 aromatic rings. The molecule has 5 nitrogen and oxygen atoms in total. The Morgan fingerprint density at radius 3 is 2.96 bits per heavy atom. The highest BCUT2D eigenvalue weighted by Crippen LogP contribution is 2.37. The van der Waals surface area contributed by atoms with E-state index >= 15 is 0 Å². The first-order valence-corrected chi connectivity index (χ1v) is 8.25. The Kier molecular flexibility index (Phi) is 4.76. The second-order valence-corrected chi connectivity index (χ2v) is 6.84. The molecule has 5 heteroatoms. The van der Waals surface area contributed by atoms with Crippen LogP contribution in [0.25, 0.3) is 0 Å². The van der Waals surface area contributed by atoms with E-state index in [9.17, 15) is 4.79 Å². The summed E-state index contributed by atoms with van der Waals surface area (Å²) in [5.74, 6) is 1.91. The minimum Gasteiger partial charge on any atom is -0.454 e. The molecule has 23 heavy (non-hydrogen) atoms. The van der Waals surface area contributed by atoms with Gasteiger partial charge < -0.3 is 19.1 Å². The highest BCUT2D eigenvalue weighted by atomic mass is 16.7. The molecule has 0 radical (unpaired) electrons. The molecule has 3 rings (SSSR count). The third kappa shape index (κ3) is 3.78. The number of hydrogen-bond acceptors (Lipinski definition) is 4. The molecule has 1 unspecified atom stereocenters. The molecule has 0 aromatic heterocycles. The predicted molar refractivity (Wildman–Crippen MR) is 86.7 cm³/mol. The Morgan fingerprint density at radius 1 is 1.30 bits per heavy atom. The number of amides is 1. The Morgan fingerprint density at radius 2 is 2.13 bits per heavy atom. The van der Waals surface area contributed by atoms with Gasteiger partial charge in [-0.25, -0.2) is 0 Å². The minimum atomic E-state index is 0.106. The van der Waals surface area contributed by atoms with E-state index in [1.807, 2.05) is 11.0 Å². The number of carbonyl (C=O) groups is 1. The molecular formula is C18H25NO4. The van der Waals surface area contributed by atoms with Crippen LogP contribution in [0.4, 0.5) is 0 Å². The van der Waals surface area contributed by atoms with Gasteiger partial charge in [0.1, 0.15) is 0 Å². The fourth-order valence-corrected chi connectivity index (χ4v) is 3.49. The average Bonchev–Trinajstić information content (AvgIpc) is 2.99. The lowest BCUT2D eigenvalue weighted by Gasteiger charge is -2.40. The van der Waals surface area contributed by atoms with Crippen molar-refractivity contribution < 1.29 is 19.0 Å². The Hall–Kier alpha value is -1.75. The van der Waals surface area contributed by atoms with E-state index in [0.717, 1.165) is 43.9 Å². The number of piperidine rings is 1. The number of ether oxygens (including phenoxy) is 3. The molecule has 0 N–H and O–H groups in total. The maximum atomic E-state index is 12.1. The van der Waals surface area contributed by atoms with Crippen LogP contribution in [-0.4, -0.2) is 44.4 Å². The number of likely N-dealkylation sites (tertiary alicyclic amines) is 1. The fraction of sp³-hybridized carbons (Fsp3) is 0.611. The molecule has 1 saturated heterocycles. The molecule has 0 bridgehead atoms. The lowest BCUT2D eigenvalue weighted by atomic mass is 9.76. The van der Waals surface area contributed by atoms with Gasteiger partial charge in [0.05, 0.1) is 0 Å². The quantitative estimate of drug-likeness (QED) is 0.756. The molecule has 1 atom stereocenters. The first-order valence-electron chi connectivity index (χ1n) is 8.25. The van der Waals surface area contributed by atoms with E-state index in [0.29, 0.717) is 19.8 Å². The van der Waals surface area contributed by atoms with Crippen LogP contribution in [0.2, 0.25) is 0 Å². The Balaban J connectivity index is 1.65. The van der Waals surface area contributed by atoms with Crippen molar-refractivity contribution in [3.05, 3.63) is 23.8 Å². The average molecular weight is 319 g/mol. The number of rotatable bonds is 6. The van der Waals surface area contributed by atoms with Crippen molar-refractivity contribution in [2.24, 2.45) is 5.41 Å². The van der Waals surface area contributed by atoms with Crippen LogP contribution in [0.1, 0.15) is 31.7 Å². The Labute approximate surface area is 137 Å². The second-order valence-electron chi connectivity index (χ2n) is 6.84. The number of carbonyl (C=O) groups excluding carboxylic acids is 1. The van der Waals surface area contributed by atoms with Gasteiger partial charge in [0.15, 0.2) is 11.5 Å². The normalized spacial score (nSPS) is 23.4. The summed E-state index contributed by atoms with van der Waals surface area (Å²) in [5, 5.41) is 0. The molecule has 1 amide bonds. The zero-order chi connectivity index (χ0) is 16.3. The van der Waals surface area contributed by atoms with Crippen molar-refractivity contribution in [3.8, 4) is 11.5 Å². The van der Waals surface area contributed by atoms with Crippen LogP contribution in [0, 0.1) is 5.41 Å². The third-order valence-corrected chi connectivity index (χ3v) is 4.71. The van der Waals surface area contributed by atoms with Crippen LogP contribution in [0.15, 0.2) is 18.2 Å². The standard InChI is InChI=1S/C18H25NO4/c1-18(7-6-17(20)19(12-18)8-3-9-21-2)11-14-4-5-15-16(10-14)23-13-22-15/h4-5,10H,3,6-9,11-13H2,1-2H3. The molecule has 0 spiro atoms. The third-order valence-electron chi connectivity index (χ3n) is 4.71. The van der Waals surface area contributed by atoms with Crippen molar-refractivity contribution >= 4 is 5.91 Å². The van der Waals surface area contributed by atoms with Gasteiger partial charge in [0.25, 0.3) is 0 Å². The summed E-state index contributed by atoms with van der Waals surface area (Å²) >= 11 is 0. The number of fused-ring (bicyclic) bond motifs is 1. The van der Waals surface area contributed by atoms with Gasteiger partial charge in [0, 0.05) is 33.2 Å². The summed E-state index contributed by atoms with van der Waals surface area (Å²) in [6.07, 6.45) is 3.40. The lowest BCUT2D eigenvalue weighted by Crippen LogP contribution is -2.46. The van der Waals surface area contributed by atoms with Gasteiger partial charge >= 0.3 is 0 Å². The summed E-state index contributed by atoms with van der Waals surface area (Å²) in [6.45, 7) is 4.86. The summed E-state index contributed by atoms with van der Waals surface area (Å²) < 4.78 is 15.9. The van der Waals surface area contributed by atoms with Crippen LogP contribution < -0.4 is 9.47 Å². The molecule has 1 fully saturated rings. The number of nitrogens with zero attached hydrogens (tertiary/aromatic N) is 1. The van der Waals surface area contributed by atoms with Crippen LogP contribution in [-0.2, 0) is 16.0 Å². The van der Waals surface area contributed by atoms with Crippen molar-refractivity contribution in [1.82, 2.24) is 4.90 Å². The van der Waals surface area contributed by atoms with Crippen molar-refractivity contribution in [1.29, 1.82) is 0 Å². The van der Waals surface area contributed by atoms with Crippen LogP contribution >= 0.6 is 0 Å². The fourth-order valence-electron chi connectivity index (χ4n) is 3.49. The van der Waals surface area contributed by atoms with Crippen molar-refractivity contribution in [2.75, 3.05) is 33.6 Å². The van der Waals surface area contributed by atoms with Crippen LogP contribution in [0.5, 0.6) is 11.5 Å². The van der Waals surface area contributed by atoms with E-state index in [1.165, 1.54) is 5.56 Å². The monoisotopic (exact) mass is 319 g/mol. The lowest BCUT2D eigenvalue weighted by molar-refractivity contribution is -0.137. The zero-order valence-corrected chi connectivity index (χ0v) is 14.0. The molecule has 126 valence electrons. The van der Waals surface area contributed by atoms with Gasteiger partial charge in [-0.05, 0) is 42.4 Å². The van der Waals surface area contributed by atoms with Crippen LogP contribution in [0.3, 0.4) is 0 Å². The molecular weight excluding hydrogens is 294 g/mol. The predicted octanol–water partition coefficient (Wildman–Crippen LogP) is 2.62. The molecule has 0 saturated carbocycles. The highest BCUT2D eigenvalue weighted by molar-refractivity contribution is 5.77. The van der Waals surface area contributed by atoms with E-state index in [1.54, 1.807) is 7.11 Å². The SMILES string of the molecule is COCCCN1CC(C)(Cc2ccc3c(c2)OCO3)CCC1=O. The van der Waals surface area contributed by atoms with E-state index < -0.39 is 0 Å². The van der Waals surface area contributed by atoms with Gasteiger partial charge in [0.2, 0.25) is 12.7 Å². The smallest absolute Gasteiger partial charge is 0.231 e. The topological polar surface area (TPSA) is 48.0 Å². The summed E-state index contributed by atoms with van der Waals surface area (Å²) in [7, 11) is 1.70. The zero-order valence-electron chi connectivity index (χ0n) is 14.0. The molecule has 1 aromatic carbocycles. The van der Waals surface area contributed by atoms with Gasteiger partial charge in [-0.15, -0.1) is 0 Å². The van der Waals surface area contributed by atoms with Gasteiger partial charge in [-0.3, -0.25) is 4.79 Å². The molecule has 2 heterocycles. The number of benzene rings is 1. The number of hydrogen-bond donors (Lipinski definition) is 0. The first-order chi connectivity index (χ1) is 11.1. The molecule has 2 aliphatic rings. The van der Waals surface area contributed by atoms with Crippen molar-refractivity contribution in [2.45, 2.75) is 32.6 Å². The van der Waals surface area contributed by atoms with E-state index in [-0.39, 0.29) is 11.3 Å². The highest BCUT2D eigenvalue weighted by Gasteiger charge is 2.35. The van der Waals surface area contributed by atoms with E-state index in [2.05, 4.69) is 19.1 Å². The Bertz CT molecular complexity index is 574. The van der Waals surface area contributed by atoms with Gasteiger partial charge in [-0.1, -0.05) is 13.0 Å². The first kappa shape index (κ1) is 16.1. The van der Waals surface area contributed by atoms with Gasteiger partial charge in [-0.2, -0.15) is 0 Å². The summed E-state index contributed by atoms with van der Waals surface area (Å²) in [6, 6.07) is 6.15. The number of methoxy groups -OCH3 is 1. The summed E-state index contributed by atoms with van der Waals surface area (Å²) in [4.78, 5) is 14.1. The minimum absolute atomic E-state index is 0.106. The van der Waals surface area contributed by atoms with E-state index in [4.69, 9.17) is 14.2 Å². The largest absolute Gasteiger partial charge is 0.454 e. The molecule has 0 aliphatic carbocycles. The second kappa shape index (κ2) is 6.79. The summed E-state index contributed by atoms with van der Waals surface area (Å²) in [5.41, 5.74) is 1.34.